The Hall–Kier alpha value is -1.56. The fourth-order valence-electron chi connectivity index (χ4n) is 1.49. The Morgan fingerprint density at radius 3 is 2.61 bits per heavy atom. The fraction of sp³-hybridized carbons (Fsp3) is 0.417. The first-order valence-corrected chi connectivity index (χ1v) is 5.35. The van der Waals surface area contributed by atoms with E-state index >= 15 is 0 Å². The number of benzene rings is 1. The number of alkyl halides is 3. The van der Waals surface area contributed by atoms with Crippen molar-refractivity contribution in [3.05, 3.63) is 29.3 Å². The monoisotopic (exact) mass is 261 g/mol. The van der Waals surface area contributed by atoms with Gasteiger partial charge < -0.3 is 10.5 Å². The van der Waals surface area contributed by atoms with Gasteiger partial charge in [0.25, 0.3) is 0 Å². The summed E-state index contributed by atoms with van der Waals surface area (Å²) in [7, 11) is 1.49. The molecule has 2 N–H and O–H groups in total. The standard InChI is InChI=1S/C12H14F3NO2/c1-18-6-2-3-11(17)9-7-8(12(13,14)15)4-5-10(9)16/h4-5,7H,2-3,6,16H2,1H3. The van der Waals surface area contributed by atoms with E-state index in [0.29, 0.717) is 13.0 Å². The minimum absolute atomic E-state index is 0.0606. The number of halogens is 3. The van der Waals surface area contributed by atoms with Crippen LogP contribution in [-0.2, 0) is 10.9 Å². The molecule has 0 saturated carbocycles. The molecule has 0 unspecified atom stereocenters. The highest BCUT2D eigenvalue weighted by Crippen LogP contribution is 2.31. The van der Waals surface area contributed by atoms with E-state index in [2.05, 4.69) is 0 Å². The van der Waals surface area contributed by atoms with Crippen LogP contribution in [0.25, 0.3) is 0 Å². The summed E-state index contributed by atoms with van der Waals surface area (Å²) in [6.45, 7) is 0.380. The number of rotatable bonds is 5. The van der Waals surface area contributed by atoms with Gasteiger partial charge in [-0.25, -0.2) is 0 Å². The molecular formula is C12H14F3NO2. The molecule has 1 rings (SSSR count). The average Bonchev–Trinajstić information content (AvgIpc) is 2.28. The Morgan fingerprint density at radius 2 is 2.06 bits per heavy atom. The van der Waals surface area contributed by atoms with Gasteiger partial charge in [0.05, 0.1) is 5.56 Å². The van der Waals surface area contributed by atoms with Crippen LogP contribution in [0.4, 0.5) is 18.9 Å². The third kappa shape index (κ3) is 3.73. The van der Waals surface area contributed by atoms with Crippen LogP contribution < -0.4 is 5.73 Å². The van der Waals surface area contributed by atoms with Gasteiger partial charge in [-0.1, -0.05) is 0 Å². The third-order valence-electron chi connectivity index (χ3n) is 2.43. The molecule has 1 aromatic rings. The summed E-state index contributed by atoms with van der Waals surface area (Å²) in [5.74, 6) is -0.407. The van der Waals surface area contributed by atoms with Crippen LogP contribution in [0.2, 0.25) is 0 Å². The number of hydrogen-bond acceptors (Lipinski definition) is 3. The lowest BCUT2D eigenvalue weighted by atomic mass is 10.0. The molecule has 0 aliphatic rings. The molecule has 3 nitrogen and oxygen atoms in total. The Balaban J connectivity index is 2.90. The van der Waals surface area contributed by atoms with Crippen molar-refractivity contribution < 1.29 is 22.7 Å². The Bertz CT molecular complexity index is 430. The fourth-order valence-corrected chi connectivity index (χ4v) is 1.49. The van der Waals surface area contributed by atoms with Crippen molar-refractivity contribution in [2.24, 2.45) is 0 Å². The second kappa shape index (κ2) is 5.86. The first-order valence-electron chi connectivity index (χ1n) is 5.35. The molecule has 0 heterocycles. The molecule has 100 valence electrons. The van der Waals surface area contributed by atoms with E-state index in [9.17, 15) is 18.0 Å². The molecule has 0 radical (unpaired) electrons. The van der Waals surface area contributed by atoms with Gasteiger partial charge in [-0.3, -0.25) is 4.79 Å². The predicted molar refractivity (Wildman–Crippen MR) is 61.3 cm³/mol. The van der Waals surface area contributed by atoms with Crippen molar-refractivity contribution in [1.82, 2.24) is 0 Å². The van der Waals surface area contributed by atoms with Gasteiger partial charge in [-0.2, -0.15) is 13.2 Å². The highest BCUT2D eigenvalue weighted by molar-refractivity contribution is 6.00. The molecule has 0 aliphatic carbocycles. The first-order chi connectivity index (χ1) is 8.36. The molecule has 0 spiro atoms. The van der Waals surface area contributed by atoms with Crippen molar-refractivity contribution in [2.75, 3.05) is 19.5 Å². The second-order valence-corrected chi connectivity index (χ2v) is 3.82. The zero-order valence-electron chi connectivity index (χ0n) is 9.88. The number of carbonyl (C=O) groups is 1. The smallest absolute Gasteiger partial charge is 0.398 e. The number of anilines is 1. The van der Waals surface area contributed by atoms with Crippen molar-refractivity contribution in [1.29, 1.82) is 0 Å². The van der Waals surface area contributed by atoms with E-state index in [1.165, 1.54) is 7.11 Å². The van der Waals surface area contributed by atoms with E-state index in [4.69, 9.17) is 10.5 Å². The number of ether oxygens (including phenoxy) is 1. The molecule has 0 aliphatic heterocycles. The van der Waals surface area contributed by atoms with Crippen molar-refractivity contribution in [2.45, 2.75) is 19.0 Å². The molecule has 1 aromatic carbocycles. The molecule has 18 heavy (non-hydrogen) atoms. The van der Waals surface area contributed by atoms with Crippen LogP contribution in [0.15, 0.2) is 18.2 Å². The van der Waals surface area contributed by atoms with Gasteiger partial charge in [0, 0.05) is 31.4 Å². The molecule has 0 bridgehead atoms. The summed E-state index contributed by atoms with van der Waals surface area (Å²) in [6.07, 6.45) is -3.92. The van der Waals surface area contributed by atoms with Gasteiger partial charge in [-0.05, 0) is 24.6 Å². The quantitative estimate of drug-likeness (QED) is 0.503. The molecule has 0 amide bonds. The molecule has 0 saturated heterocycles. The normalized spacial score (nSPS) is 11.6. The largest absolute Gasteiger partial charge is 0.416 e. The van der Waals surface area contributed by atoms with Gasteiger partial charge in [0.1, 0.15) is 0 Å². The van der Waals surface area contributed by atoms with Crippen LogP contribution in [0, 0.1) is 0 Å². The Labute approximate surface area is 103 Å². The summed E-state index contributed by atoms with van der Waals surface area (Å²) in [6, 6.07) is 2.76. The average molecular weight is 261 g/mol. The molecule has 0 atom stereocenters. The third-order valence-corrected chi connectivity index (χ3v) is 2.43. The lowest BCUT2D eigenvalue weighted by Gasteiger charge is -2.10. The number of methoxy groups -OCH3 is 1. The van der Waals surface area contributed by atoms with E-state index in [0.717, 1.165) is 18.2 Å². The van der Waals surface area contributed by atoms with E-state index in [1.54, 1.807) is 0 Å². The minimum Gasteiger partial charge on any atom is -0.398 e. The number of ketones is 1. The number of carbonyl (C=O) groups excluding carboxylic acids is 1. The number of nitrogens with two attached hydrogens (primary N) is 1. The van der Waals surface area contributed by atoms with Gasteiger partial charge in [0.2, 0.25) is 0 Å². The summed E-state index contributed by atoms with van der Waals surface area (Å²) in [5.41, 5.74) is 4.63. The predicted octanol–water partition coefficient (Wildman–Crippen LogP) is 2.90. The maximum Gasteiger partial charge on any atom is 0.416 e. The van der Waals surface area contributed by atoms with Gasteiger partial charge in [-0.15, -0.1) is 0 Å². The van der Waals surface area contributed by atoms with Crippen molar-refractivity contribution in [3.8, 4) is 0 Å². The molecular weight excluding hydrogens is 247 g/mol. The van der Waals surface area contributed by atoms with Gasteiger partial charge in [0.15, 0.2) is 5.78 Å². The molecule has 0 aromatic heterocycles. The Morgan fingerprint density at radius 1 is 1.39 bits per heavy atom. The zero-order chi connectivity index (χ0) is 13.8. The summed E-state index contributed by atoms with van der Waals surface area (Å²) in [5, 5.41) is 0. The van der Waals surface area contributed by atoms with E-state index in [-0.39, 0.29) is 17.7 Å². The molecule has 6 heteroatoms. The van der Waals surface area contributed by atoms with Crippen molar-refractivity contribution >= 4 is 11.5 Å². The maximum atomic E-state index is 12.5. The van der Waals surface area contributed by atoms with Crippen molar-refractivity contribution in [3.63, 3.8) is 0 Å². The second-order valence-electron chi connectivity index (χ2n) is 3.82. The van der Waals surface area contributed by atoms with Gasteiger partial charge >= 0.3 is 6.18 Å². The minimum atomic E-state index is -4.48. The molecule has 0 fully saturated rings. The summed E-state index contributed by atoms with van der Waals surface area (Å²) in [4.78, 5) is 11.7. The van der Waals surface area contributed by atoms with E-state index < -0.39 is 17.5 Å². The van der Waals surface area contributed by atoms with Crippen LogP contribution >= 0.6 is 0 Å². The van der Waals surface area contributed by atoms with Crippen LogP contribution in [0.3, 0.4) is 0 Å². The van der Waals surface area contributed by atoms with Crippen LogP contribution in [0.5, 0.6) is 0 Å². The number of Topliss-reactive ketones (excluding diaryl/α,β-unsaturated/α-hetero) is 1. The summed E-state index contributed by atoms with van der Waals surface area (Å²) < 4.78 is 42.3. The highest BCUT2D eigenvalue weighted by atomic mass is 19.4. The topological polar surface area (TPSA) is 52.3 Å². The van der Waals surface area contributed by atoms with Crippen LogP contribution in [-0.4, -0.2) is 19.5 Å². The SMILES string of the molecule is COCCCC(=O)c1cc(C(F)(F)F)ccc1N. The Kier molecular flexibility index (Phi) is 4.72. The summed E-state index contributed by atoms with van der Waals surface area (Å²) >= 11 is 0. The number of hydrogen-bond donors (Lipinski definition) is 1. The lowest BCUT2D eigenvalue weighted by Crippen LogP contribution is -2.10. The zero-order valence-corrected chi connectivity index (χ0v) is 9.88. The van der Waals surface area contributed by atoms with E-state index in [1.807, 2.05) is 0 Å². The van der Waals surface area contributed by atoms with Crippen LogP contribution in [0.1, 0.15) is 28.8 Å². The number of nitrogen functional groups attached to an aromatic ring is 1. The highest BCUT2D eigenvalue weighted by Gasteiger charge is 2.31. The first kappa shape index (κ1) is 14.5. The maximum absolute atomic E-state index is 12.5. The lowest BCUT2D eigenvalue weighted by molar-refractivity contribution is -0.137.